The Morgan fingerprint density at radius 1 is 0.852 bits per heavy atom. The standard InChI is InChI=1S/C21H30N4O2/c26-20(17-7-2-1-3-8-17)24-13-15-25(16-14-24)21(27)18-9-6-10-22-19(18)23-11-4-5-12-23/h6,9-10,17H,1-5,7-8,11-16H2. The van der Waals surface area contributed by atoms with E-state index < -0.39 is 0 Å². The Morgan fingerprint density at radius 2 is 1.52 bits per heavy atom. The van der Waals surface area contributed by atoms with Gasteiger partial charge in [0.25, 0.3) is 5.91 Å². The van der Waals surface area contributed by atoms with Crippen LogP contribution in [0.25, 0.3) is 0 Å². The normalized spacial score (nSPS) is 21.6. The van der Waals surface area contributed by atoms with Gasteiger partial charge in [-0.1, -0.05) is 19.3 Å². The predicted molar refractivity (Wildman–Crippen MR) is 105 cm³/mol. The zero-order valence-electron chi connectivity index (χ0n) is 16.1. The van der Waals surface area contributed by atoms with E-state index in [2.05, 4.69) is 9.88 Å². The molecular weight excluding hydrogens is 340 g/mol. The van der Waals surface area contributed by atoms with Crippen LogP contribution in [0.3, 0.4) is 0 Å². The largest absolute Gasteiger partial charge is 0.356 e. The molecule has 2 saturated heterocycles. The highest BCUT2D eigenvalue weighted by atomic mass is 16.2. The molecule has 3 heterocycles. The van der Waals surface area contributed by atoms with Gasteiger partial charge in [-0.15, -0.1) is 0 Å². The average Bonchev–Trinajstić information content (AvgIpc) is 3.28. The number of carbonyl (C=O) groups is 2. The van der Waals surface area contributed by atoms with Gasteiger partial charge in [-0.25, -0.2) is 4.98 Å². The smallest absolute Gasteiger partial charge is 0.257 e. The van der Waals surface area contributed by atoms with Crippen molar-refractivity contribution in [1.29, 1.82) is 0 Å². The topological polar surface area (TPSA) is 56.8 Å². The molecule has 0 bridgehead atoms. The van der Waals surface area contributed by atoms with E-state index in [-0.39, 0.29) is 11.8 Å². The number of nitrogens with zero attached hydrogens (tertiary/aromatic N) is 4. The number of carbonyl (C=O) groups excluding carboxylic acids is 2. The molecule has 6 heteroatoms. The lowest BCUT2D eigenvalue weighted by atomic mass is 9.88. The summed E-state index contributed by atoms with van der Waals surface area (Å²) in [7, 11) is 0. The van der Waals surface area contributed by atoms with Gasteiger partial charge in [0.15, 0.2) is 0 Å². The quantitative estimate of drug-likeness (QED) is 0.820. The second kappa shape index (κ2) is 8.28. The van der Waals surface area contributed by atoms with Crippen molar-refractivity contribution in [2.45, 2.75) is 44.9 Å². The van der Waals surface area contributed by atoms with Gasteiger partial charge in [-0.2, -0.15) is 0 Å². The summed E-state index contributed by atoms with van der Waals surface area (Å²) in [6, 6.07) is 3.73. The molecule has 0 aromatic carbocycles. The van der Waals surface area contributed by atoms with Crippen LogP contribution in [0.4, 0.5) is 5.82 Å². The lowest BCUT2D eigenvalue weighted by Gasteiger charge is -2.37. The molecular formula is C21H30N4O2. The summed E-state index contributed by atoms with van der Waals surface area (Å²) in [6.07, 6.45) is 9.77. The zero-order chi connectivity index (χ0) is 18.6. The van der Waals surface area contributed by atoms with Crippen LogP contribution < -0.4 is 4.90 Å². The molecule has 1 aliphatic carbocycles. The van der Waals surface area contributed by atoms with Gasteiger partial charge in [0.05, 0.1) is 5.56 Å². The highest BCUT2D eigenvalue weighted by Gasteiger charge is 2.31. The third-order valence-electron chi connectivity index (χ3n) is 6.26. The maximum atomic E-state index is 13.1. The Labute approximate surface area is 161 Å². The number of rotatable bonds is 3. The molecule has 0 radical (unpaired) electrons. The first kappa shape index (κ1) is 18.3. The minimum atomic E-state index is 0.0507. The third-order valence-corrected chi connectivity index (χ3v) is 6.26. The third kappa shape index (κ3) is 3.94. The van der Waals surface area contributed by atoms with E-state index in [0.717, 1.165) is 44.6 Å². The Bertz CT molecular complexity index is 673. The van der Waals surface area contributed by atoms with Gasteiger partial charge in [0.2, 0.25) is 5.91 Å². The molecule has 2 aliphatic heterocycles. The molecule has 6 nitrogen and oxygen atoms in total. The van der Waals surface area contributed by atoms with E-state index in [0.29, 0.717) is 37.6 Å². The van der Waals surface area contributed by atoms with Crippen LogP contribution in [0, 0.1) is 5.92 Å². The molecule has 0 spiro atoms. The van der Waals surface area contributed by atoms with Gasteiger partial charge >= 0.3 is 0 Å². The van der Waals surface area contributed by atoms with Crippen LogP contribution in [0.2, 0.25) is 0 Å². The minimum Gasteiger partial charge on any atom is -0.356 e. The first-order valence-electron chi connectivity index (χ1n) is 10.5. The van der Waals surface area contributed by atoms with Crippen molar-refractivity contribution in [2.24, 2.45) is 5.92 Å². The molecule has 1 saturated carbocycles. The number of amides is 2. The molecule has 2 amide bonds. The number of hydrogen-bond donors (Lipinski definition) is 0. The summed E-state index contributed by atoms with van der Waals surface area (Å²) < 4.78 is 0. The Morgan fingerprint density at radius 3 is 2.22 bits per heavy atom. The van der Waals surface area contributed by atoms with E-state index in [1.165, 1.54) is 19.3 Å². The van der Waals surface area contributed by atoms with Crippen LogP contribution in [0.15, 0.2) is 18.3 Å². The summed E-state index contributed by atoms with van der Waals surface area (Å²) in [5, 5.41) is 0. The fourth-order valence-electron chi connectivity index (χ4n) is 4.65. The second-order valence-electron chi connectivity index (χ2n) is 8.02. The molecule has 3 fully saturated rings. The number of aromatic nitrogens is 1. The van der Waals surface area contributed by atoms with Gasteiger partial charge < -0.3 is 14.7 Å². The van der Waals surface area contributed by atoms with Crippen molar-refractivity contribution in [1.82, 2.24) is 14.8 Å². The maximum absolute atomic E-state index is 13.1. The predicted octanol–water partition coefficient (Wildman–Crippen LogP) is 2.55. The lowest BCUT2D eigenvalue weighted by Crippen LogP contribution is -2.52. The Kier molecular flexibility index (Phi) is 5.60. The minimum absolute atomic E-state index is 0.0507. The van der Waals surface area contributed by atoms with Crippen LogP contribution in [0.1, 0.15) is 55.3 Å². The van der Waals surface area contributed by atoms with E-state index in [4.69, 9.17) is 0 Å². The van der Waals surface area contributed by atoms with E-state index in [9.17, 15) is 9.59 Å². The first-order valence-corrected chi connectivity index (χ1v) is 10.5. The zero-order valence-corrected chi connectivity index (χ0v) is 16.1. The molecule has 0 atom stereocenters. The van der Waals surface area contributed by atoms with Gasteiger partial charge in [0, 0.05) is 51.4 Å². The van der Waals surface area contributed by atoms with Crippen molar-refractivity contribution in [2.75, 3.05) is 44.2 Å². The van der Waals surface area contributed by atoms with Crippen LogP contribution in [0.5, 0.6) is 0 Å². The molecule has 3 aliphatic rings. The SMILES string of the molecule is O=C(c1cccnc1N1CCCC1)N1CCN(C(=O)C2CCCCC2)CC1. The summed E-state index contributed by atoms with van der Waals surface area (Å²) in [5.74, 6) is 1.39. The van der Waals surface area contributed by atoms with Gasteiger partial charge in [0.1, 0.15) is 5.82 Å². The van der Waals surface area contributed by atoms with Gasteiger partial charge in [-0.05, 0) is 37.8 Å². The summed E-state index contributed by atoms with van der Waals surface area (Å²) in [4.78, 5) is 36.4. The molecule has 1 aromatic heterocycles. The Balaban J connectivity index is 1.38. The van der Waals surface area contributed by atoms with Crippen molar-refractivity contribution < 1.29 is 9.59 Å². The lowest BCUT2D eigenvalue weighted by molar-refractivity contribution is -0.138. The fourth-order valence-corrected chi connectivity index (χ4v) is 4.65. The highest BCUT2D eigenvalue weighted by Crippen LogP contribution is 2.27. The fraction of sp³-hybridized carbons (Fsp3) is 0.667. The molecule has 146 valence electrons. The monoisotopic (exact) mass is 370 g/mol. The number of piperazine rings is 1. The van der Waals surface area contributed by atoms with Crippen molar-refractivity contribution in [3.63, 3.8) is 0 Å². The van der Waals surface area contributed by atoms with E-state index in [1.807, 2.05) is 21.9 Å². The van der Waals surface area contributed by atoms with Crippen LogP contribution in [-0.4, -0.2) is 65.9 Å². The highest BCUT2D eigenvalue weighted by molar-refractivity contribution is 5.99. The molecule has 0 unspecified atom stereocenters. The first-order chi connectivity index (χ1) is 13.2. The van der Waals surface area contributed by atoms with Crippen LogP contribution in [-0.2, 0) is 4.79 Å². The second-order valence-corrected chi connectivity index (χ2v) is 8.02. The number of hydrogen-bond acceptors (Lipinski definition) is 4. The van der Waals surface area contributed by atoms with Crippen molar-refractivity contribution in [3.05, 3.63) is 23.9 Å². The maximum Gasteiger partial charge on any atom is 0.257 e. The van der Waals surface area contributed by atoms with E-state index >= 15 is 0 Å². The molecule has 4 rings (SSSR count). The Hall–Kier alpha value is -2.11. The van der Waals surface area contributed by atoms with Crippen molar-refractivity contribution >= 4 is 17.6 Å². The molecule has 0 N–H and O–H groups in total. The van der Waals surface area contributed by atoms with Crippen molar-refractivity contribution in [3.8, 4) is 0 Å². The van der Waals surface area contributed by atoms with Crippen LogP contribution >= 0.6 is 0 Å². The summed E-state index contributed by atoms with van der Waals surface area (Å²) in [5.41, 5.74) is 0.700. The van der Waals surface area contributed by atoms with E-state index in [1.54, 1.807) is 6.20 Å². The molecule has 27 heavy (non-hydrogen) atoms. The average molecular weight is 370 g/mol. The summed E-state index contributed by atoms with van der Waals surface area (Å²) in [6.45, 7) is 4.49. The number of anilines is 1. The summed E-state index contributed by atoms with van der Waals surface area (Å²) >= 11 is 0. The number of pyridine rings is 1. The molecule has 1 aromatic rings. The van der Waals surface area contributed by atoms with Gasteiger partial charge in [-0.3, -0.25) is 9.59 Å².